The summed E-state index contributed by atoms with van der Waals surface area (Å²) in [6.45, 7) is 0.754. The Balaban J connectivity index is 1.85. The van der Waals surface area contributed by atoms with Crippen LogP contribution in [0.5, 0.6) is 0 Å². The van der Waals surface area contributed by atoms with Crippen LogP contribution in [0.2, 0.25) is 0 Å². The second kappa shape index (κ2) is 4.78. The molecule has 1 aliphatic rings. The lowest BCUT2D eigenvalue weighted by Crippen LogP contribution is -2.27. The van der Waals surface area contributed by atoms with Gasteiger partial charge in [-0.05, 0) is 30.9 Å². The molecule has 1 atom stereocenters. The van der Waals surface area contributed by atoms with Gasteiger partial charge in [-0.15, -0.1) is 0 Å². The third-order valence-electron chi connectivity index (χ3n) is 2.67. The van der Waals surface area contributed by atoms with Gasteiger partial charge in [0.15, 0.2) is 0 Å². The molecule has 0 bridgehead atoms. The lowest BCUT2D eigenvalue weighted by molar-refractivity contribution is 0.0949. The molecule has 1 N–H and O–H groups in total. The van der Waals surface area contributed by atoms with E-state index in [4.69, 9.17) is 0 Å². The van der Waals surface area contributed by atoms with Crippen LogP contribution in [0, 0.1) is 5.92 Å². The molecule has 0 aromatic heterocycles. The third kappa shape index (κ3) is 2.69. The highest BCUT2D eigenvalue weighted by atomic mass is 16.1. The van der Waals surface area contributed by atoms with E-state index < -0.39 is 0 Å². The summed E-state index contributed by atoms with van der Waals surface area (Å²) in [6.07, 6.45) is 6.67. The predicted molar refractivity (Wildman–Crippen MR) is 60.6 cm³/mol. The minimum absolute atomic E-state index is 0.0240. The molecule has 2 rings (SSSR count). The predicted octanol–water partition coefficient (Wildman–Crippen LogP) is 2.38. The van der Waals surface area contributed by atoms with Crippen LogP contribution in [-0.2, 0) is 0 Å². The molecule has 0 aliphatic heterocycles. The lowest BCUT2D eigenvalue weighted by Gasteiger charge is -2.09. The summed E-state index contributed by atoms with van der Waals surface area (Å²) in [6, 6.07) is 9.34. The fraction of sp³-hybridized carbons (Fsp3) is 0.308. The Bertz CT molecular complexity index is 356. The van der Waals surface area contributed by atoms with E-state index in [0.29, 0.717) is 5.92 Å². The van der Waals surface area contributed by atoms with Crippen LogP contribution in [0.3, 0.4) is 0 Å². The number of carbonyl (C=O) groups is 1. The summed E-state index contributed by atoms with van der Waals surface area (Å²) in [5.74, 6) is 0.550. The first-order valence-corrected chi connectivity index (χ1v) is 5.36. The molecule has 2 heteroatoms. The fourth-order valence-electron chi connectivity index (χ4n) is 1.78. The van der Waals surface area contributed by atoms with Crippen molar-refractivity contribution in [2.45, 2.75) is 12.8 Å². The quantitative estimate of drug-likeness (QED) is 0.747. The minimum Gasteiger partial charge on any atom is -0.351 e. The van der Waals surface area contributed by atoms with Crippen LogP contribution in [0.4, 0.5) is 0 Å². The van der Waals surface area contributed by atoms with Gasteiger partial charge in [-0.1, -0.05) is 30.4 Å². The minimum atomic E-state index is 0.0240. The van der Waals surface area contributed by atoms with Crippen LogP contribution in [0.1, 0.15) is 23.2 Å². The number of rotatable bonds is 3. The van der Waals surface area contributed by atoms with Crippen molar-refractivity contribution >= 4 is 5.91 Å². The molecule has 1 aromatic carbocycles. The second-order valence-corrected chi connectivity index (χ2v) is 3.84. The van der Waals surface area contributed by atoms with Crippen molar-refractivity contribution in [3.63, 3.8) is 0 Å². The summed E-state index contributed by atoms with van der Waals surface area (Å²) < 4.78 is 0. The van der Waals surface area contributed by atoms with E-state index >= 15 is 0 Å². The zero-order valence-corrected chi connectivity index (χ0v) is 8.65. The molecule has 1 aromatic rings. The van der Waals surface area contributed by atoms with Crippen molar-refractivity contribution in [3.8, 4) is 0 Å². The van der Waals surface area contributed by atoms with E-state index in [2.05, 4.69) is 17.5 Å². The van der Waals surface area contributed by atoms with Gasteiger partial charge in [0, 0.05) is 12.1 Å². The average molecular weight is 201 g/mol. The van der Waals surface area contributed by atoms with Crippen LogP contribution in [0.15, 0.2) is 42.5 Å². The Kier molecular flexibility index (Phi) is 3.18. The van der Waals surface area contributed by atoms with Crippen LogP contribution in [0.25, 0.3) is 0 Å². The molecule has 1 unspecified atom stereocenters. The van der Waals surface area contributed by atoms with Gasteiger partial charge in [0.2, 0.25) is 0 Å². The molecule has 0 fully saturated rings. The maximum atomic E-state index is 11.7. The summed E-state index contributed by atoms with van der Waals surface area (Å²) in [5.41, 5.74) is 0.736. The van der Waals surface area contributed by atoms with Crippen molar-refractivity contribution in [3.05, 3.63) is 48.0 Å². The van der Waals surface area contributed by atoms with Gasteiger partial charge in [0.05, 0.1) is 0 Å². The molecule has 0 spiro atoms. The van der Waals surface area contributed by atoms with Gasteiger partial charge in [0.1, 0.15) is 0 Å². The Labute approximate surface area is 90.0 Å². The SMILES string of the molecule is O=C(NCC1C=CCC1)c1ccccc1. The number of benzene rings is 1. The lowest BCUT2D eigenvalue weighted by atomic mass is 10.1. The van der Waals surface area contributed by atoms with Gasteiger partial charge in [-0.3, -0.25) is 4.79 Å². The normalized spacial score (nSPS) is 19.1. The van der Waals surface area contributed by atoms with Gasteiger partial charge in [-0.2, -0.15) is 0 Å². The molecule has 15 heavy (non-hydrogen) atoms. The number of nitrogens with one attached hydrogen (secondary N) is 1. The fourth-order valence-corrected chi connectivity index (χ4v) is 1.78. The summed E-state index contributed by atoms with van der Waals surface area (Å²) in [7, 11) is 0. The highest BCUT2D eigenvalue weighted by Gasteiger charge is 2.11. The smallest absolute Gasteiger partial charge is 0.251 e. The Hall–Kier alpha value is -1.57. The second-order valence-electron chi connectivity index (χ2n) is 3.84. The van der Waals surface area contributed by atoms with E-state index in [0.717, 1.165) is 24.9 Å². The number of amides is 1. The topological polar surface area (TPSA) is 29.1 Å². The molecule has 0 saturated carbocycles. The first-order valence-electron chi connectivity index (χ1n) is 5.36. The van der Waals surface area contributed by atoms with Gasteiger partial charge in [0.25, 0.3) is 5.91 Å². The van der Waals surface area contributed by atoms with E-state index in [1.54, 1.807) is 0 Å². The molecule has 2 nitrogen and oxygen atoms in total. The first kappa shape index (κ1) is 9.97. The molecule has 1 aliphatic carbocycles. The molecule has 78 valence electrons. The molecular formula is C13H15NO. The standard InChI is InChI=1S/C13H15NO/c15-13(12-8-2-1-3-9-12)14-10-11-6-4-5-7-11/h1-4,6,8-9,11H,5,7,10H2,(H,14,15). The van der Waals surface area contributed by atoms with E-state index in [9.17, 15) is 4.79 Å². The van der Waals surface area contributed by atoms with E-state index in [-0.39, 0.29) is 5.91 Å². The highest BCUT2D eigenvalue weighted by Crippen LogP contribution is 2.15. The van der Waals surface area contributed by atoms with Crippen molar-refractivity contribution in [2.75, 3.05) is 6.54 Å². The maximum absolute atomic E-state index is 11.7. The molecule has 0 heterocycles. The average Bonchev–Trinajstić information content (AvgIpc) is 2.80. The van der Waals surface area contributed by atoms with Crippen LogP contribution >= 0.6 is 0 Å². The maximum Gasteiger partial charge on any atom is 0.251 e. The Morgan fingerprint density at radius 2 is 2.13 bits per heavy atom. The summed E-state index contributed by atoms with van der Waals surface area (Å²) >= 11 is 0. The van der Waals surface area contributed by atoms with Crippen molar-refractivity contribution in [1.82, 2.24) is 5.32 Å². The molecule has 1 amide bonds. The zero-order valence-electron chi connectivity index (χ0n) is 8.65. The zero-order chi connectivity index (χ0) is 10.5. The molecule has 0 saturated heterocycles. The van der Waals surface area contributed by atoms with Crippen molar-refractivity contribution < 1.29 is 4.79 Å². The van der Waals surface area contributed by atoms with E-state index in [1.807, 2.05) is 30.3 Å². The Morgan fingerprint density at radius 3 is 2.80 bits per heavy atom. The molecular weight excluding hydrogens is 186 g/mol. The monoisotopic (exact) mass is 201 g/mol. The number of carbonyl (C=O) groups excluding carboxylic acids is 1. The number of hydrogen-bond acceptors (Lipinski definition) is 1. The third-order valence-corrected chi connectivity index (χ3v) is 2.67. The molecule has 0 radical (unpaired) electrons. The van der Waals surface area contributed by atoms with Gasteiger partial charge < -0.3 is 5.32 Å². The number of hydrogen-bond donors (Lipinski definition) is 1. The first-order chi connectivity index (χ1) is 7.36. The van der Waals surface area contributed by atoms with Gasteiger partial charge in [-0.25, -0.2) is 0 Å². The highest BCUT2D eigenvalue weighted by molar-refractivity contribution is 5.94. The summed E-state index contributed by atoms with van der Waals surface area (Å²) in [4.78, 5) is 11.7. The van der Waals surface area contributed by atoms with Crippen LogP contribution < -0.4 is 5.32 Å². The van der Waals surface area contributed by atoms with Crippen LogP contribution in [-0.4, -0.2) is 12.5 Å². The summed E-state index contributed by atoms with van der Waals surface area (Å²) in [5, 5.41) is 2.95. The largest absolute Gasteiger partial charge is 0.351 e. The van der Waals surface area contributed by atoms with Crippen molar-refractivity contribution in [2.24, 2.45) is 5.92 Å². The van der Waals surface area contributed by atoms with Gasteiger partial charge >= 0.3 is 0 Å². The van der Waals surface area contributed by atoms with Crippen molar-refractivity contribution in [1.29, 1.82) is 0 Å². The van der Waals surface area contributed by atoms with E-state index in [1.165, 1.54) is 0 Å². The Morgan fingerprint density at radius 1 is 1.33 bits per heavy atom. The number of allylic oxidation sites excluding steroid dienone is 1.